The van der Waals surface area contributed by atoms with Crippen LogP contribution in [0.4, 0.5) is 0 Å². The zero-order valence-electron chi connectivity index (χ0n) is 8.18. The molecule has 1 aliphatic rings. The fraction of sp³-hybridized carbons (Fsp3) is 0.600. The van der Waals surface area contributed by atoms with Gasteiger partial charge in [-0.25, -0.2) is 0 Å². The van der Waals surface area contributed by atoms with Crippen LogP contribution in [0.1, 0.15) is 17.7 Å². The summed E-state index contributed by atoms with van der Waals surface area (Å²) < 4.78 is 1.78. The monoisotopic (exact) mass is 291 g/mol. The molecule has 1 heterocycles. The Hall–Kier alpha value is 0.490. The molecule has 4 heteroatoms. The van der Waals surface area contributed by atoms with Gasteiger partial charge in [0.25, 0.3) is 0 Å². The van der Waals surface area contributed by atoms with Crippen molar-refractivity contribution < 1.29 is 0 Å². The molecule has 1 N–H and O–H groups in total. The predicted molar refractivity (Wildman–Crippen MR) is 69.2 cm³/mol. The summed E-state index contributed by atoms with van der Waals surface area (Å²) in [4.78, 5) is 1.41. The molecule has 0 radical (unpaired) electrons. The minimum atomic E-state index is 0.578. The first kappa shape index (κ1) is 11.0. The zero-order valence-corrected chi connectivity index (χ0v) is 11.4. The lowest BCUT2D eigenvalue weighted by molar-refractivity contribution is 0.669. The Morgan fingerprint density at radius 2 is 2.43 bits per heavy atom. The minimum absolute atomic E-state index is 0.578. The van der Waals surface area contributed by atoms with Crippen LogP contribution in [-0.2, 0) is 6.54 Å². The zero-order chi connectivity index (χ0) is 10.0. The van der Waals surface area contributed by atoms with Gasteiger partial charge in [-0.2, -0.15) is 11.8 Å². The van der Waals surface area contributed by atoms with E-state index in [-0.39, 0.29) is 0 Å². The number of hydrogen-bond acceptors (Lipinski definition) is 3. The molecule has 0 bridgehead atoms. The molecule has 2 rings (SSSR count). The topological polar surface area (TPSA) is 12.0 Å². The van der Waals surface area contributed by atoms with Gasteiger partial charge in [0, 0.05) is 32.6 Å². The maximum Gasteiger partial charge on any atom is 0.0300 e. The molecule has 1 nitrogen and oxygen atoms in total. The van der Waals surface area contributed by atoms with Crippen molar-refractivity contribution in [1.29, 1.82) is 0 Å². The van der Waals surface area contributed by atoms with Gasteiger partial charge in [0.2, 0.25) is 0 Å². The van der Waals surface area contributed by atoms with Crippen molar-refractivity contribution in [3.8, 4) is 0 Å². The first-order valence-electron chi connectivity index (χ1n) is 4.73. The Morgan fingerprint density at radius 3 is 2.93 bits per heavy atom. The molecule has 0 atom stereocenters. The third-order valence-corrected chi connectivity index (χ3v) is 5.73. The maximum atomic E-state index is 3.54. The number of hydrogen-bond donors (Lipinski definition) is 1. The average Bonchev–Trinajstić information content (AvgIpc) is 2.84. The number of nitrogens with one attached hydrogen (secondary N) is 1. The van der Waals surface area contributed by atoms with Gasteiger partial charge in [-0.15, -0.1) is 11.3 Å². The van der Waals surface area contributed by atoms with Crippen LogP contribution in [0.2, 0.25) is 0 Å². The van der Waals surface area contributed by atoms with E-state index in [9.17, 15) is 0 Å². The molecule has 0 aliphatic heterocycles. The Kier molecular flexibility index (Phi) is 3.58. The van der Waals surface area contributed by atoms with Crippen molar-refractivity contribution in [2.75, 3.05) is 12.8 Å². The van der Waals surface area contributed by atoms with Crippen LogP contribution in [0.25, 0.3) is 0 Å². The van der Waals surface area contributed by atoms with E-state index in [1.165, 1.54) is 22.2 Å². The summed E-state index contributed by atoms with van der Waals surface area (Å²) in [5, 5.41) is 5.67. The first-order valence-corrected chi connectivity index (χ1v) is 7.63. The SMILES string of the molecule is CSC1(CNCc2cc(Br)cs2)CC1. The van der Waals surface area contributed by atoms with Gasteiger partial charge in [0.05, 0.1) is 0 Å². The van der Waals surface area contributed by atoms with E-state index in [4.69, 9.17) is 0 Å². The summed E-state index contributed by atoms with van der Waals surface area (Å²) >= 11 is 7.29. The van der Waals surface area contributed by atoms with Crippen LogP contribution in [0, 0.1) is 0 Å². The molecule has 0 spiro atoms. The molecular weight excluding hydrogens is 278 g/mol. The highest BCUT2D eigenvalue weighted by atomic mass is 79.9. The second-order valence-electron chi connectivity index (χ2n) is 3.72. The van der Waals surface area contributed by atoms with Crippen LogP contribution in [0.15, 0.2) is 15.9 Å². The van der Waals surface area contributed by atoms with Gasteiger partial charge in [-0.05, 0) is 41.1 Å². The quantitative estimate of drug-likeness (QED) is 0.891. The van der Waals surface area contributed by atoms with Crippen LogP contribution < -0.4 is 5.32 Å². The van der Waals surface area contributed by atoms with Gasteiger partial charge >= 0.3 is 0 Å². The maximum absolute atomic E-state index is 3.54. The highest BCUT2D eigenvalue weighted by molar-refractivity contribution is 9.10. The molecule has 0 amide bonds. The molecule has 78 valence electrons. The van der Waals surface area contributed by atoms with Crippen LogP contribution >= 0.6 is 39.0 Å². The molecular formula is C10H14BrNS2. The highest BCUT2D eigenvalue weighted by Gasteiger charge is 2.41. The van der Waals surface area contributed by atoms with Crippen LogP contribution in [-0.4, -0.2) is 17.5 Å². The lowest BCUT2D eigenvalue weighted by atomic mass is 10.4. The molecule has 0 unspecified atom stereocenters. The lowest BCUT2D eigenvalue weighted by Gasteiger charge is -2.11. The van der Waals surface area contributed by atoms with Crippen molar-refractivity contribution in [1.82, 2.24) is 5.32 Å². The predicted octanol–water partition coefficient (Wildman–Crippen LogP) is 3.50. The first-order chi connectivity index (χ1) is 6.74. The molecule has 1 aliphatic carbocycles. The number of thiophene rings is 1. The molecule has 1 aromatic rings. The van der Waals surface area contributed by atoms with Crippen LogP contribution in [0.5, 0.6) is 0 Å². The Labute approximate surface area is 102 Å². The normalized spacial score (nSPS) is 18.4. The molecule has 14 heavy (non-hydrogen) atoms. The van der Waals surface area contributed by atoms with Gasteiger partial charge < -0.3 is 5.32 Å². The highest BCUT2D eigenvalue weighted by Crippen LogP contribution is 2.46. The van der Waals surface area contributed by atoms with Gasteiger partial charge in [0.1, 0.15) is 0 Å². The standard InChI is InChI=1S/C10H14BrNS2/c1-13-10(2-3-10)7-12-5-9-4-8(11)6-14-9/h4,6,12H,2-3,5,7H2,1H3. The Bertz CT molecular complexity index is 307. The lowest BCUT2D eigenvalue weighted by Crippen LogP contribution is -2.25. The van der Waals surface area contributed by atoms with Crippen molar-refractivity contribution in [2.45, 2.75) is 24.1 Å². The number of halogens is 1. The summed E-state index contributed by atoms with van der Waals surface area (Å²) in [6, 6.07) is 2.19. The van der Waals surface area contributed by atoms with Gasteiger partial charge in [0.15, 0.2) is 0 Å². The van der Waals surface area contributed by atoms with Crippen molar-refractivity contribution in [2.24, 2.45) is 0 Å². The van der Waals surface area contributed by atoms with Crippen molar-refractivity contribution in [3.63, 3.8) is 0 Å². The van der Waals surface area contributed by atoms with E-state index < -0.39 is 0 Å². The largest absolute Gasteiger partial charge is 0.310 e. The van der Waals surface area contributed by atoms with Gasteiger partial charge in [-0.1, -0.05) is 0 Å². The molecule has 1 fully saturated rings. The number of thioether (sulfide) groups is 1. The summed E-state index contributed by atoms with van der Waals surface area (Å²) in [6.07, 6.45) is 4.99. The Balaban J connectivity index is 1.73. The minimum Gasteiger partial charge on any atom is -0.310 e. The van der Waals surface area contributed by atoms with Crippen molar-refractivity contribution in [3.05, 3.63) is 20.8 Å². The third kappa shape index (κ3) is 2.75. The summed E-state index contributed by atoms with van der Waals surface area (Å²) in [7, 11) is 0. The summed E-state index contributed by atoms with van der Waals surface area (Å²) in [5.74, 6) is 0. The van der Waals surface area contributed by atoms with Crippen LogP contribution in [0.3, 0.4) is 0 Å². The second kappa shape index (κ2) is 4.56. The third-order valence-electron chi connectivity index (χ3n) is 2.61. The fourth-order valence-corrected chi connectivity index (χ4v) is 3.63. The molecule has 0 aromatic carbocycles. The summed E-state index contributed by atoms with van der Waals surface area (Å²) in [5.41, 5.74) is 0. The molecule has 0 saturated heterocycles. The molecule has 1 aromatic heterocycles. The average molecular weight is 292 g/mol. The van der Waals surface area contributed by atoms with E-state index in [1.54, 1.807) is 0 Å². The Morgan fingerprint density at radius 1 is 1.64 bits per heavy atom. The smallest absolute Gasteiger partial charge is 0.0300 e. The van der Waals surface area contributed by atoms with E-state index in [2.05, 4.69) is 38.9 Å². The van der Waals surface area contributed by atoms with E-state index in [1.807, 2.05) is 23.1 Å². The van der Waals surface area contributed by atoms with Crippen molar-refractivity contribution >= 4 is 39.0 Å². The summed E-state index contributed by atoms with van der Waals surface area (Å²) in [6.45, 7) is 2.17. The van der Waals surface area contributed by atoms with E-state index in [0.29, 0.717) is 4.75 Å². The fourth-order valence-electron chi connectivity index (χ4n) is 1.45. The van der Waals surface area contributed by atoms with Gasteiger partial charge in [-0.3, -0.25) is 0 Å². The second-order valence-corrected chi connectivity index (χ2v) is 6.91. The molecule has 1 saturated carbocycles. The van der Waals surface area contributed by atoms with E-state index >= 15 is 0 Å². The number of rotatable bonds is 5. The van der Waals surface area contributed by atoms with E-state index in [0.717, 1.165) is 13.1 Å².